The van der Waals surface area contributed by atoms with Gasteiger partial charge in [0.1, 0.15) is 5.76 Å². The van der Waals surface area contributed by atoms with Gasteiger partial charge in [-0.05, 0) is 31.9 Å². The van der Waals surface area contributed by atoms with Gasteiger partial charge < -0.3 is 4.42 Å². The molecule has 0 aromatic carbocycles. The lowest BCUT2D eigenvalue weighted by Crippen LogP contribution is -2.10. The summed E-state index contributed by atoms with van der Waals surface area (Å²) in [5, 5.41) is 5.41. The van der Waals surface area contributed by atoms with Crippen molar-refractivity contribution in [2.45, 2.75) is 25.7 Å². The van der Waals surface area contributed by atoms with Crippen LogP contribution >= 0.6 is 11.3 Å². The maximum Gasteiger partial charge on any atom is 0.293 e. The third kappa shape index (κ3) is 2.24. The fraction of sp³-hybridized carbons (Fsp3) is 0.333. The van der Waals surface area contributed by atoms with Gasteiger partial charge in [-0.25, -0.2) is 4.98 Å². The summed E-state index contributed by atoms with van der Waals surface area (Å²) in [6.07, 6.45) is 2.43. The van der Waals surface area contributed by atoms with Gasteiger partial charge in [0.25, 0.3) is 5.91 Å². The van der Waals surface area contributed by atoms with E-state index >= 15 is 0 Å². The predicted octanol–water partition coefficient (Wildman–Crippen LogP) is 3.17. The number of carbonyl (C=O) groups is 1. The average Bonchev–Trinajstić information content (AvgIpc) is 2.90. The second-order valence-electron chi connectivity index (χ2n) is 4.22. The highest BCUT2D eigenvalue weighted by Crippen LogP contribution is 2.40. The summed E-state index contributed by atoms with van der Waals surface area (Å²) in [5.74, 6) is 1.43. The Morgan fingerprint density at radius 3 is 3.00 bits per heavy atom. The van der Waals surface area contributed by atoms with Gasteiger partial charge >= 0.3 is 0 Å². The first-order chi connectivity index (χ1) is 8.22. The first-order valence-corrected chi connectivity index (χ1v) is 6.43. The van der Waals surface area contributed by atoms with Gasteiger partial charge in [0, 0.05) is 11.3 Å². The minimum absolute atomic E-state index is 0.241. The highest BCUT2D eigenvalue weighted by molar-refractivity contribution is 7.14. The van der Waals surface area contributed by atoms with Gasteiger partial charge in [0.05, 0.1) is 5.69 Å². The smallest absolute Gasteiger partial charge is 0.293 e. The quantitative estimate of drug-likeness (QED) is 0.907. The molecule has 0 spiro atoms. The maximum atomic E-state index is 11.8. The van der Waals surface area contributed by atoms with Crippen LogP contribution in [0.4, 0.5) is 5.13 Å². The molecule has 2 heterocycles. The van der Waals surface area contributed by atoms with Crippen molar-refractivity contribution in [3.8, 4) is 0 Å². The van der Waals surface area contributed by atoms with Crippen molar-refractivity contribution in [2.24, 2.45) is 0 Å². The molecule has 3 rings (SSSR count). The molecule has 1 amide bonds. The number of aromatic nitrogens is 1. The lowest BCUT2D eigenvalue weighted by molar-refractivity contribution is 0.0995. The van der Waals surface area contributed by atoms with Crippen LogP contribution in [0.25, 0.3) is 0 Å². The lowest BCUT2D eigenvalue weighted by atomic mass is 10.3. The molecule has 0 atom stereocenters. The summed E-state index contributed by atoms with van der Waals surface area (Å²) < 4.78 is 5.25. The number of furan rings is 1. The van der Waals surface area contributed by atoms with Crippen molar-refractivity contribution in [1.29, 1.82) is 0 Å². The highest BCUT2D eigenvalue weighted by Gasteiger charge is 2.26. The zero-order chi connectivity index (χ0) is 11.8. The largest absolute Gasteiger partial charge is 0.456 e. The Balaban J connectivity index is 1.71. The number of nitrogens with zero attached hydrogens (tertiary/aromatic N) is 1. The molecule has 1 N–H and O–H groups in total. The fourth-order valence-electron chi connectivity index (χ4n) is 1.63. The first kappa shape index (κ1) is 10.5. The number of aryl methyl sites for hydroxylation is 1. The van der Waals surface area contributed by atoms with Crippen molar-refractivity contribution < 1.29 is 9.21 Å². The number of rotatable bonds is 3. The average molecular weight is 248 g/mol. The monoisotopic (exact) mass is 248 g/mol. The molecule has 0 radical (unpaired) electrons. The zero-order valence-corrected chi connectivity index (χ0v) is 10.2. The number of carbonyl (C=O) groups excluding carboxylic acids is 1. The summed E-state index contributed by atoms with van der Waals surface area (Å²) in [7, 11) is 0. The van der Waals surface area contributed by atoms with E-state index in [1.807, 2.05) is 12.3 Å². The molecule has 2 aromatic rings. The number of hydrogen-bond donors (Lipinski definition) is 1. The molecule has 4 nitrogen and oxygen atoms in total. The van der Waals surface area contributed by atoms with Gasteiger partial charge in [0.15, 0.2) is 10.9 Å². The molecule has 0 aliphatic heterocycles. The van der Waals surface area contributed by atoms with E-state index in [1.54, 1.807) is 12.1 Å². The van der Waals surface area contributed by atoms with Crippen LogP contribution in [-0.2, 0) is 0 Å². The Labute approximate surface area is 103 Å². The topological polar surface area (TPSA) is 55.1 Å². The van der Waals surface area contributed by atoms with Crippen LogP contribution in [0.3, 0.4) is 0 Å². The number of nitrogens with one attached hydrogen (secondary N) is 1. The van der Waals surface area contributed by atoms with E-state index in [2.05, 4.69) is 10.3 Å². The number of thiazole rings is 1. The van der Waals surface area contributed by atoms with Crippen LogP contribution < -0.4 is 5.32 Å². The lowest BCUT2D eigenvalue weighted by Gasteiger charge is -1.97. The third-order valence-corrected chi connectivity index (χ3v) is 3.48. The second-order valence-corrected chi connectivity index (χ2v) is 5.07. The van der Waals surface area contributed by atoms with Crippen molar-refractivity contribution in [2.75, 3.05) is 5.32 Å². The summed E-state index contributed by atoms with van der Waals surface area (Å²) >= 11 is 1.46. The Morgan fingerprint density at radius 2 is 2.35 bits per heavy atom. The van der Waals surface area contributed by atoms with Gasteiger partial charge in [-0.15, -0.1) is 11.3 Å². The summed E-state index contributed by atoms with van der Waals surface area (Å²) in [4.78, 5) is 16.2. The summed E-state index contributed by atoms with van der Waals surface area (Å²) in [6.45, 7) is 1.81. The van der Waals surface area contributed by atoms with E-state index in [0.29, 0.717) is 16.8 Å². The van der Waals surface area contributed by atoms with E-state index in [4.69, 9.17) is 4.42 Å². The van der Waals surface area contributed by atoms with Crippen LogP contribution in [0.2, 0.25) is 0 Å². The normalized spacial score (nSPS) is 14.9. The molecule has 1 saturated carbocycles. The SMILES string of the molecule is Cc1ccc(C(=O)Nc2nc(C3CC3)cs2)o1. The van der Waals surface area contributed by atoms with Crippen molar-refractivity contribution >= 4 is 22.4 Å². The number of amides is 1. The van der Waals surface area contributed by atoms with Crippen LogP contribution in [0.1, 0.15) is 40.8 Å². The molecule has 0 saturated heterocycles. The second kappa shape index (κ2) is 4.00. The molecule has 88 valence electrons. The molecule has 0 bridgehead atoms. The van der Waals surface area contributed by atoms with Gasteiger partial charge in [-0.3, -0.25) is 10.1 Å². The summed E-state index contributed by atoms with van der Waals surface area (Å²) in [6, 6.07) is 3.44. The standard InChI is InChI=1S/C12H12N2O2S/c1-7-2-5-10(16-7)11(15)14-12-13-9(6-17-12)8-3-4-8/h2,5-6,8H,3-4H2,1H3,(H,13,14,15). The molecule has 2 aromatic heterocycles. The Bertz CT molecular complexity index is 554. The number of anilines is 1. The molecule has 5 heteroatoms. The zero-order valence-electron chi connectivity index (χ0n) is 9.40. The van der Waals surface area contributed by atoms with Crippen molar-refractivity contribution in [1.82, 2.24) is 4.98 Å². The highest BCUT2D eigenvalue weighted by atomic mass is 32.1. The Kier molecular flexibility index (Phi) is 2.48. The van der Waals surface area contributed by atoms with Crippen LogP contribution in [0, 0.1) is 6.92 Å². The molecule has 1 fully saturated rings. The molecular weight excluding hydrogens is 236 g/mol. The summed E-state index contributed by atoms with van der Waals surface area (Å²) in [5.41, 5.74) is 1.10. The Hall–Kier alpha value is -1.62. The van der Waals surface area contributed by atoms with Crippen LogP contribution in [0.5, 0.6) is 0 Å². The van der Waals surface area contributed by atoms with E-state index in [9.17, 15) is 4.79 Å². The van der Waals surface area contributed by atoms with Crippen LogP contribution in [0.15, 0.2) is 21.9 Å². The van der Waals surface area contributed by atoms with Gasteiger partial charge in [-0.2, -0.15) is 0 Å². The maximum absolute atomic E-state index is 11.8. The molecular formula is C12H12N2O2S. The predicted molar refractivity (Wildman–Crippen MR) is 65.5 cm³/mol. The van der Waals surface area contributed by atoms with Crippen molar-refractivity contribution in [3.05, 3.63) is 34.7 Å². The van der Waals surface area contributed by atoms with Crippen molar-refractivity contribution in [3.63, 3.8) is 0 Å². The molecule has 17 heavy (non-hydrogen) atoms. The third-order valence-electron chi connectivity index (χ3n) is 2.70. The van der Waals surface area contributed by atoms with Gasteiger partial charge in [0.2, 0.25) is 0 Å². The van der Waals surface area contributed by atoms with Gasteiger partial charge in [-0.1, -0.05) is 0 Å². The minimum Gasteiger partial charge on any atom is -0.456 e. The fourth-order valence-corrected chi connectivity index (χ4v) is 2.41. The molecule has 1 aliphatic rings. The van der Waals surface area contributed by atoms with E-state index < -0.39 is 0 Å². The minimum atomic E-state index is -0.241. The van der Waals surface area contributed by atoms with E-state index in [1.165, 1.54) is 24.2 Å². The van der Waals surface area contributed by atoms with E-state index in [-0.39, 0.29) is 5.91 Å². The molecule has 0 unspecified atom stereocenters. The molecule has 1 aliphatic carbocycles. The number of hydrogen-bond acceptors (Lipinski definition) is 4. The van der Waals surface area contributed by atoms with E-state index in [0.717, 1.165) is 11.5 Å². The Morgan fingerprint density at radius 1 is 1.53 bits per heavy atom. The first-order valence-electron chi connectivity index (χ1n) is 5.55. The van der Waals surface area contributed by atoms with Crippen LogP contribution in [-0.4, -0.2) is 10.9 Å².